The Hall–Kier alpha value is -2.50. The second-order valence-electron chi connectivity index (χ2n) is 7.12. The summed E-state index contributed by atoms with van der Waals surface area (Å²) in [6.45, 7) is 8.11. The fraction of sp³-hybridized carbons (Fsp3) is 0.524. The number of imidazole rings is 1. The van der Waals surface area contributed by atoms with Crippen molar-refractivity contribution >= 4 is 5.96 Å². The van der Waals surface area contributed by atoms with Gasteiger partial charge < -0.3 is 19.5 Å². The molecule has 1 N–H and O–H groups in total. The molecule has 1 aromatic carbocycles. The van der Waals surface area contributed by atoms with E-state index in [1.165, 1.54) is 5.56 Å². The highest BCUT2D eigenvalue weighted by Crippen LogP contribution is 2.27. The van der Waals surface area contributed by atoms with Gasteiger partial charge in [0.15, 0.2) is 5.96 Å². The lowest BCUT2D eigenvalue weighted by molar-refractivity contribution is 0.189. The Labute approximate surface area is 162 Å². The van der Waals surface area contributed by atoms with E-state index in [1.54, 1.807) is 7.11 Å². The molecule has 1 fully saturated rings. The van der Waals surface area contributed by atoms with Crippen LogP contribution in [0.2, 0.25) is 0 Å². The van der Waals surface area contributed by atoms with E-state index in [1.807, 2.05) is 24.7 Å². The number of nitrogens with one attached hydrogen (secondary N) is 1. The van der Waals surface area contributed by atoms with Crippen LogP contribution >= 0.6 is 0 Å². The number of guanidine groups is 1. The van der Waals surface area contributed by atoms with Crippen molar-refractivity contribution < 1.29 is 4.74 Å². The zero-order chi connectivity index (χ0) is 19.1. The third-order valence-electron chi connectivity index (χ3n) is 5.28. The van der Waals surface area contributed by atoms with Crippen molar-refractivity contribution in [2.45, 2.75) is 32.7 Å². The third-order valence-corrected chi connectivity index (χ3v) is 5.28. The first-order valence-electron chi connectivity index (χ1n) is 9.85. The zero-order valence-corrected chi connectivity index (χ0v) is 16.6. The molecular weight excluding hydrogens is 338 g/mol. The van der Waals surface area contributed by atoms with Crippen LogP contribution < -0.4 is 10.1 Å². The molecule has 1 saturated heterocycles. The third kappa shape index (κ3) is 5.02. The SMILES string of the molecule is CCNC(=NCCc1ccc(OC)cc1)N1CCC(C)C(n2ccnc2)C1. The van der Waals surface area contributed by atoms with Crippen LogP contribution in [-0.2, 0) is 6.42 Å². The molecule has 27 heavy (non-hydrogen) atoms. The van der Waals surface area contributed by atoms with E-state index in [2.05, 4.69) is 51.9 Å². The molecule has 3 rings (SSSR count). The molecule has 0 bridgehead atoms. The number of hydrogen-bond donors (Lipinski definition) is 1. The minimum absolute atomic E-state index is 0.437. The van der Waals surface area contributed by atoms with Crippen molar-refractivity contribution in [3.8, 4) is 5.75 Å². The highest BCUT2D eigenvalue weighted by Gasteiger charge is 2.28. The highest BCUT2D eigenvalue weighted by atomic mass is 16.5. The van der Waals surface area contributed by atoms with Crippen LogP contribution in [0.15, 0.2) is 48.0 Å². The van der Waals surface area contributed by atoms with Gasteiger partial charge in [-0.25, -0.2) is 4.98 Å². The summed E-state index contributed by atoms with van der Waals surface area (Å²) in [4.78, 5) is 11.5. The van der Waals surface area contributed by atoms with Gasteiger partial charge >= 0.3 is 0 Å². The predicted molar refractivity (Wildman–Crippen MR) is 109 cm³/mol. The number of ether oxygens (including phenoxy) is 1. The van der Waals surface area contributed by atoms with Crippen LogP contribution in [0.4, 0.5) is 0 Å². The zero-order valence-electron chi connectivity index (χ0n) is 16.6. The number of aliphatic imine (C=N–C) groups is 1. The average Bonchev–Trinajstić information content (AvgIpc) is 3.23. The Morgan fingerprint density at radius 3 is 2.81 bits per heavy atom. The number of methoxy groups -OCH3 is 1. The molecule has 0 amide bonds. The molecule has 2 unspecified atom stereocenters. The smallest absolute Gasteiger partial charge is 0.193 e. The first kappa shape index (κ1) is 19.3. The summed E-state index contributed by atoms with van der Waals surface area (Å²) in [6, 6.07) is 8.67. The summed E-state index contributed by atoms with van der Waals surface area (Å²) >= 11 is 0. The first-order valence-corrected chi connectivity index (χ1v) is 9.85. The Bertz CT molecular complexity index is 711. The predicted octanol–water partition coefficient (Wildman–Crippen LogP) is 2.98. The summed E-state index contributed by atoms with van der Waals surface area (Å²) in [7, 11) is 1.69. The molecule has 1 aliphatic rings. The summed E-state index contributed by atoms with van der Waals surface area (Å²) in [5, 5.41) is 3.47. The molecule has 2 aromatic rings. The molecular formula is C21H31N5O. The van der Waals surface area contributed by atoms with Crippen LogP contribution in [0, 0.1) is 5.92 Å². The second-order valence-corrected chi connectivity index (χ2v) is 7.12. The van der Waals surface area contributed by atoms with Gasteiger partial charge in [-0.3, -0.25) is 4.99 Å². The molecule has 2 atom stereocenters. The number of benzene rings is 1. The average molecular weight is 370 g/mol. The standard InChI is InChI=1S/C21H31N5O/c1-4-23-21(24-11-9-18-5-7-19(27-3)8-6-18)25-13-10-17(2)20(15-25)26-14-12-22-16-26/h5-8,12,14,16-17,20H,4,9-11,13,15H2,1-3H3,(H,23,24). The van der Waals surface area contributed by atoms with Crippen LogP contribution in [0.1, 0.15) is 31.9 Å². The normalized spacial score (nSPS) is 20.6. The molecule has 1 aromatic heterocycles. The lowest BCUT2D eigenvalue weighted by atomic mass is 9.93. The Kier molecular flexibility index (Phi) is 6.74. The molecule has 0 aliphatic carbocycles. The van der Waals surface area contributed by atoms with E-state index >= 15 is 0 Å². The quantitative estimate of drug-likeness (QED) is 0.628. The number of aromatic nitrogens is 2. The molecule has 2 heterocycles. The van der Waals surface area contributed by atoms with Crippen molar-refractivity contribution in [2.75, 3.05) is 33.3 Å². The molecule has 146 valence electrons. The monoisotopic (exact) mass is 369 g/mol. The van der Waals surface area contributed by atoms with Crippen molar-refractivity contribution in [2.24, 2.45) is 10.9 Å². The molecule has 1 aliphatic heterocycles. The van der Waals surface area contributed by atoms with E-state index in [-0.39, 0.29) is 0 Å². The van der Waals surface area contributed by atoms with E-state index in [9.17, 15) is 0 Å². The molecule has 0 radical (unpaired) electrons. The van der Waals surface area contributed by atoms with E-state index < -0.39 is 0 Å². The Balaban J connectivity index is 1.63. The van der Waals surface area contributed by atoms with Gasteiger partial charge in [0.25, 0.3) is 0 Å². The van der Waals surface area contributed by atoms with Crippen molar-refractivity contribution in [1.82, 2.24) is 19.8 Å². The van der Waals surface area contributed by atoms with Crippen LogP contribution in [0.25, 0.3) is 0 Å². The summed E-state index contributed by atoms with van der Waals surface area (Å²) in [6.07, 6.45) is 7.94. The van der Waals surface area contributed by atoms with E-state index in [4.69, 9.17) is 9.73 Å². The summed E-state index contributed by atoms with van der Waals surface area (Å²) < 4.78 is 7.46. The highest BCUT2D eigenvalue weighted by molar-refractivity contribution is 5.80. The minimum Gasteiger partial charge on any atom is -0.497 e. The Morgan fingerprint density at radius 1 is 1.33 bits per heavy atom. The van der Waals surface area contributed by atoms with Gasteiger partial charge in [0.1, 0.15) is 5.75 Å². The van der Waals surface area contributed by atoms with Gasteiger partial charge in [-0.2, -0.15) is 0 Å². The largest absolute Gasteiger partial charge is 0.497 e. The number of likely N-dealkylation sites (tertiary alicyclic amines) is 1. The lowest BCUT2D eigenvalue weighted by Gasteiger charge is -2.39. The fourth-order valence-corrected chi connectivity index (χ4v) is 3.60. The maximum absolute atomic E-state index is 5.22. The summed E-state index contributed by atoms with van der Waals surface area (Å²) in [5.41, 5.74) is 1.28. The Morgan fingerprint density at radius 2 is 2.15 bits per heavy atom. The summed E-state index contributed by atoms with van der Waals surface area (Å²) in [5.74, 6) is 2.55. The van der Waals surface area contributed by atoms with Crippen LogP contribution in [0.5, 0.6) is 5.75 Å². The lowest BCUT2D eigenvalue weighted by Crippen LogP contribution is -2.49. The van der Waals surface area contributed by atoms with Gasteiger partial charge in [-0.05, 0) is 43.4 Å². The molecule has 0 spiro atoms. The fourth-order valence-electron chi connectivity index (χ4n) is 3.60. The minimum atomic E-state index is 0.437. The molecule has 0 saturated carbocycles. The van der Waals surface area contributed by atoms with Gasteiger partial charge in [0, 0.05) is 38.6 Å². The van der Waals surface area contributed by atoms with Crippen molar-refractivity contribution in [3.05, 3.63) is 48.5 Å². The number of nitrogens with zero attached hydrogens (tertiary/aromatic N) is 4. The van der Waals surface area contributed by atoms with Gasteiger partial charge in [-0.15, -0.1) is 0 Å². The van der Waals surface area contributed by atoms with E-state index in [0.29, 0.717) is 12.0 Å². The van der Waals surface area contributed by atoms with E-state index in [0.717, 1.165) is 50.7 Å². The van der Waals surface area contributed by atoms with Gasteiger partial charge in [0.2, 0.25) is 0 Å². The number of piperidine rings is 1. The molecule has 6 nitrogen and oxygen atoms in total. The van der Waals surface area contributed by atoms with Crippen molar-refractivity contribution in [1.29, 1.82) is 0 Å². The van der Waals surface area contributed by atoms with Crippen molar-refractivity contribution in [3.63, 3.8) is 0 Å². The van der Waals surface area contributed by atoms with Gasteiger partial charge in [-0.1, -0.05) is 19.1 Å². The number of hydrogen-bond acceptors (Lipinski definition) is 3. The second kappa shape index (κ2) is 9.44. The topological polar surface area (TPSA) is 54.7 Å². The maximum Gasteiger partial charge on any atom is 0.193 e. The first-order chi connectivity index (χ1) is 13.2. The van der Waals surface area contributed by atoms with Gasteiger partial charge in [0.05, 0.1) is 19.5 Å². The maximum atomic E-state index is 5.22. The van der Waals surface area contributed by atoms with Crippen LogP contribution in [-0.4, -0.2) is 53.7 Å². The number of rotatable bonds is 6. The van der Waals surface area contributed by atoms with Crippen LogP contribution in [0.3, 0.4) is 0 Å². The molecule has 6 heteroatoms.